The molecule has 0 unspecified atom stereocenters. The number of hydrogen-bond donors (Lipinski definition) is 2. The Morgan fingerprint density at radius 2 is 2.73 bits per heavy atom. The van der Waals surface area contributed by atoms with E-state index in [1.165, 1.54) is 16.9 Å². The Balaban J connectivity index is 2.34. The molecule has 62 valence electrons. The second kappa shape index (κ2) is 3.87. The van der Waals surface area contributed by atoms with Crippen LogP contribution in [0.1, 0.15) is 13.3 Å². The highest BCUT2D eigenvalue weighted by molar-refractivity contribution is 8.32. The number of thiol groups is 1. The van der Waals surface area contributed by atoms with Crippen molar-refractivity contribution in [2.45, 2.75) is 13.3 Å². The van der Waals surface area contributed by atoms with Crippen LogP contribution < -0.4 is 5.43 Å². The molecule has 0 saturated heterocycles. The van der Waals surface area contributed by atoms with Crippen molar-refractivity contribution in [3.8, 4) is 0 Å². The van der Waals surface area contributed by atoms with Crippen molar-refractivity contribution >= 4 is 34.7 Å². The Labute approximate surface area is 74.8 Å². The summed E-state index contributed by atoms with van der Waals surface area (Å²) in [6.07, 6.45) is 0.471. The summed E-state index contributed by atoms with van der Waals surface area (Å²) in [5.74, 6) is 0.613. The molecule has 6 heteroatoms. The minimum atomic E-state index is -0.0302. The van der Waals surface area contributed by atoms with Gasteiger partial charge in [0.2, 0.25) is 5.91 Å². The van der Waals surface area contributed by atoms with Crippen LogP contribution in [-0.4, -0.2) is 21.3 Å². The minimum absolute atomic E-state index is 0.0302. The molecule has 1 amide bonds. The summed E-state index contributed by atoms with van der Waals surface area (Å²) in [6.45, 7) is 1.80. The highest BCUT2D eigenvalue weighted by Gasteiger charge is 2.12. The molecule has 1 rings (SSSR count). The van der Waals surface area contributed by atoms with Gasteiger partial charge in [-0.05, 0) is 0 Å². The Bertz CT molecular complexity index is 194. The summed E-state index contributed by atoms with van der Waals surface area (Å²) >= 11 is 5.51. The van der Waals surface area contributed by atoms with Gasteiger partial charge in [0.15, 0.2) is 4.38 Å². The Morgan fingerprint density at radius 3 is 3.18 bits per heavy atom. The summed E-state index contributed by atoms with van der Waals surface area (Å²) in [7, 11) is 0. The van der Waals surface area contributed by atoms with Gasteiger partial charge in [0.25, 0.3) is 0 Å². The zero-order valence-corrected chi connectivity index (χ0v) is 7.78. The van der Waals surface area contributed by atoms with Gasteiger partial charge in [-0.2, -0.15) is 5.12 Å². The van der Waals surface area contributed by atoms with Crippen LogP contribution in [0.2, 0.25) is 0 Å². The molecule has 1 N–H and O–H groups in total. The lowest BCUT2D eigenvalue weighted by Gasteiger charge is -2.12. The molecular formula is C5H9N3OS2. The average molecular weight is 191 g/mol. The van der Waals surface area contributed by atoms with Crippen molar-refractivity contribution in [2.24, 2.45) is 5.10 Å². The monoisotopic (exact) mass is 191 g/mol. The first kappa shape index (κ1) is 8.73. The van der Waals surface area contributed by atoms with Crippen LogP contribution in [0.5, 0.6) is 0 Å². The Hall–Kier alpha value is -0.360. The lowest BCUT2D eigenvalue weighted by atomic mass is 10.5. The highest BCUT2D eigenvalue weighted by atomic mass is 32.2. The van der Waals surface area contributed by atoms with Gasteiger partial charge in [0, 0.05) is 6.42 Å². The zero-order valence-electron chi connectivity index (χ0n) is 6.07. The van der Waals surface area contributed by atoms with Gasteiger partial charge in [-0.3, -0.25) is 10.2 Å². The van der Waals surface area contributed by atoms with E-state index in [-0.39, 0.29) is 5.91 Å². The van der Waals surface area contributed by atoms with E-state index < -0.39 is 0 Å². The molecule has 1 aliphatic heterocycles. The summed E-state index contributed by atoms with van der Waals surface area (Å²) in [6, 6.07) is 0. The third kappa shape index (κ3) is 2.63. The molecule has 1 aliphatic rings. The fourth-order valence-electron chi connectivity index (χ4n) is 0.560. The fraction of sp³-hybridized carbons (Fsp3) is 0.600. The molecule has 0 bridgehead atoms. The van der Waals surface area contributed by atoms with Gasteiger partial charge >= 0.3 is 0 Å². The third-order valence-electron chi connectivity index (χ3n) is 1.10. The summed E-state index contributed by atoms with van der Waals surface area (Å²) < 4.78 is 0.682. The summed E-state index contributed by atoms with van der Waals surface area (Å²) in [5.41, 5.74) is 2.60. The van der Waals surface area contributed by atoms with Crippen molar-refractivity contribution in [2.75, 3.05) is 5.88 Å². The summed E-state index contributed by atoms with van der Waals surface area (Å²) in [5, 5.41) is 5.41. The van der Waals surface area contributed by atoms with E-state index in [0.717, 1.165) is 0 Å². The van der Waals surface area contributed by atoms with E-state index in [1.807, 2.05) is 0 Å². The quantitative estimate of drug-likeness (QED) is 0.629. The van der Waals surface area contributed by atoms with Crippen LogP contribution in [0.3, 0.4) is 0 Å². The normalized spacial score (nSPS) is 16.5. The molecule has 11 heavy (non-hydrogen) atoms. The van der Waals surface area contributed by atoms with Crippen LogP contribution in [-0.2, 0) is 4.79 Å². The second-order valence-electron chi connectivity index (χ2n) is 1.94. The van der Waals surface area contributed by atoms with E-state index in [2.05, 4.69) is 23.2 Å². The zero-order chi connectivity index (χ0) is 8.27. The predicted molar refractivity (Wildman–Crippen MR) is 49.2 cm³/mol. The molecule has 0 saturated carbocycles. The smallest absolute Gasteiger partial charge is 0.239 e. The molecule has 0 aromatic carbocycles. The third-order valence-corrected chi connectivity index (χ3v) is 2.29. The number of nitrogens with one attached hydrogen (secondary N) is 1. The van der Waals surface area contributed by atoms with Crippen molar-refractivity contribution in [1.29, 1.82) is 0 Å². The molecule has 0 aliphatic carbocycles. The largest absolute Gasteiger partial charge is 0.273 e. The van der Waals surface area contributed by atoms with E-state index in [0.29, 0.717) is 16.7 Å². The lowest BCUT2D eigenvalue weighted by Crippen LogP contribution is -2.36. The SMILES string of the molecule is CCC(=O)NN1CSC(S)=N1. The number of rotatable bonds is 2. The summed E-state index contributed by atoms with van der Waals surface area (Å²) in [4.78, 5) is 10.8. The minimum Gasteiger partial charge on any atom is -0.273 e. The molecule has 0 atom stereocenters. The first-order valence-electron chi connectivity index (χ1n) is 3.19. The number of carbonyl (C=O) groups is 1. The van der Waals surface area contributed by atoms with E-state index >= 15 is 0 Å². The number of thioether (sulfide) groups is 1. The van der Waals surface area contributed by atoms with Gasteiger partial charge < -0.3 is 0 Å². The van der Waals surface area contributed by atoms with Crippen molar-refractivity contribution in [3.05, 3.63) is 0 Å². The number of nitrogens with zero attached hydrogens (tertiary/aromatic N) is 2. The van der Waals surface area contributed by atoms with Crippen LogP contribution in [0, 0.1) is 0 Å². The van der Waals surface area contributed by atoms with Crippen LogP contribution >= 0.6 is 24.4 Å². The van der Waals surface area contributed by atoms with Crippen LogP contribution in [0.4, 0.5) is 0 Å². The number of hydrazone groups is 1. The van der Waals surface area contributed by atoms with Crippen molar-refractivity contribution < 1.29 is 4.79 Å². The molecule has 0 radical (unpaired) electrons. The van der Waals surface area contributed by atoms with Crippen molar-refractivity contribution in [1.82, 2.24) is 10.5 Å². The molecule has 4 nitrogen and oxygen atoms in total. The lowest BCUT2D eigenvalue weighted by molar-refractivity contribution is -0.125. The van der Waals surface area contributed by atoms with Gasteiger partial charge in [-0.15, -0.1) is 17.7 Å². The van der Waals surface area contributed by atoms with Gasteiger partial charge in [0.1, 0.15) is 5.88 Å². The molecule has 0 aromatic heterocycles. The maximum Gasteiger partial charge on any atom is 0.239 e. The predicted octanol–water partition coefficient (Wildman–Crippen LogP) is 0.635. The average Bonchev–Trinajstić information content (AvgIpc) is 2.35. The van der Waals surface area contributed by atoms with E-state index in [1.54, 1.807) is 6.92 Å². The highest BCUT2D eigenvalue weighted by Crippen LogP contribution is 2.16. The number of amides is 1. The maximum absolute atomic E-state index is 10.8. The van der Waals surface area contributed by atoms with Gasteiger partial charge in [0.05, 0.1) is 0 Å². The number of carbonyl (C=O) groups excluding carboxylic acids is 1. The Kier molecular flexibility index (Phi) is 3.07. The first-order valence-corrected chi connectivity index (χ1v) is 4.63. The molecule has 1 heterocycles. The molecular weight excluding hydrogens is 182 g/mol. The molecule has 0 spiro atoms. The number of hydrogen-bond acceptors (Lipinski definition) is 4. The van der Waals surface area contributed by atoms with Crippen LogP contribution in [0.25, 0.3) is 0 Å². The maximum atomic E-state index is 10.8. The first-order chi connectivity index (χ1) is 5.22. The molecule has 0 aromatic rings. The van der Waals surface area contributed by atoms with Crippen LogP contribution in [0.15, 0.2) is 5.10 Å². The van der Waals surface area contributed by atoms with Gasteiger partial charge in [-0.1, -0.05) is 18.7 Å². The second-order valence-corrected chi connectivity index (χ2v) is 3.60. The standard InChI is InChI=1S/C5H9N3OS2/c1-2-4(9)6-8-3-11-5(10)7-8/h2-3H2,1H3,(H,6,9)(H,7,10). The van der Waals surface area contributed by atoms with Crippen molar-refractivity contribution in [3.63, 3.8) is 0 Å². The van der Waals surface area contributed by atoms with E-state index in [9.17, 15) is 4.79 Å². The van der Waals surface area contributed by atoms with E-state index in [4.69, 9.17) is 0 Å². The molecule has 0 fully saturated rings. The number of hydrazine groups is 1. The topological polar surface area (TPSA) is 44.7 Å². The Morgan fingerprint density at radius 1 is 2.00 bits per heavy atom. The van der Waals surface area contributed by atoms with Gasteiger partial charge in [-0.25, -0.2) is 0 Å². The fourth-order valence-corrected chi connectivity index (χ4v) is 1.36.